The van der Waals surface area contributed by atoms with Crippen molar-refractivity contribution < 1.29 is 0 Å². The Morgan fingerprint density at radius 2 is 1.31 bits per heavy atom. The molecule has 6 aromatic carbocycles. The standard InChI is InChI=1S/C53H42N2/c1-4-6-19-38(3)43-34-33-40(22-18-32-50(49-29-15-13-27-46(43)49)48-31-17-21-39-20-11-12-26-44(39)48)45-35-36-52(51-30-16-14-28-47(45)51)53-54-41(23-7-5-2)37-55(53)42-24-9-8-10-25-42/h4-13,15-27,29-37H,1-3,14,28H2/b19-6-,22-18?,23-7-,32-18?,34-33?,40-22?,40-33?,43-34?,46-43?,50-32?,50-49?. The Kier molecular flexibility index (Phi) is 10.1. The van der Waals surface area contributed by atoms with Crippen LogP contribution in [0.5, 0.6) is 0 Å². The fourth-order valence-electron chi connectivity index (χ4n) is 7.68. The summed E-state index contributed by atoms with van der Waals surface area (Å²) >= 11 is 0. The number of aromatic nitrogens is 2. The maximum absolute atomic E-state index is 5.15. The van der Waals surface area contributed by atoms with Crippen LogP contribution in [0.4, 0.5) is 0 Å². The van der Waals surface area contributed by atoms with E-state index < -0.39 is 0 Å². The molecule has 0 saturated heterocycles. The van der Waals surface area contributed by atoms with Crippen molar-refractivity contribution >= 4 is 39.3 Å². The number of allylic oxidation sites excluding steroid dienone is 7. The molecule has 55 heavy (non-hydrogen) atoms. The summed E-state index contributed by atoms with van der Waals surface area (Å²) in [7, 11) is 0. The minimum Gasteiger partial charge on any atom is -0.299 e. The normalized spacial score (nSPS) is 12.2. The fraction of sp³-hybridized carbons (Fsp3) is 0.0377. The Morgan fingerprint density at radius 1 is 0.618 bits per heavy atom. The number of fused-ring (bicyclic) bond motifs is 3. The molecule has 0 saturated carbocycles. The van der Waals surface area contributed by atoms with Crippen LogP contribution < -0.4 is 0 Å². The zero-order chi connectivity index (χ0) is 37.6. The highest BCUT2D eigenvalue weighted by Gasteiger charge is 2.20. The Balaban J connectivity index is 1.38. The summed E-state index contributed by atoms with van der Waals surface area (Å²) in [5.74, 6) is 0.909. The summed E-state index contributed by atoms with van der Waals surface area (Å²) in [6.45, 7) is 12.3. The minimum absolute atomic E-state index is 0.881. The van der Waals surface area contributed by atoms with E-state index in [1.807, 2.05) is 30.4 Å². The van der Waals surface area contributed by atoms with Gasteiger partial charge >= 0.3 is 0 Å². The summed E-state index contributed by atoms with van der Waals surface area (Å²) in [5.41, 5.74) is 12.2. The Hall–Kier alpha value is -7.03. The lowest BCUT2D eigenvalue weighted by Gasteiger charge is -2.20. The van der Waals surface area contributed by atoms with Crippen molar-refractivity contribution in [2.24, 2.45) is 0 Å². The topological polar surface area (TPSA) is 17.8 Å². The number of imidazole rings is 1. The van der Waals surface area contributed by atoms with E-state index in [2.05, 4.69) is 176 Å². The molecule has 8 rings (SSSR count). The van der Waals surface area contributed by atoms with Crippen LogP contribution >= 0.6 is 0 Å². The van der Waals surface area contributed by atoms with Crippen LogP contribution in [0.2, 0.25) is 0 Å². The van der Waals surface area contributed by atoms with Crippen molar-refractivity contribution in [3.8, 4) is 39.3 Å². The molecule has 0 N–H and O–H groups in total. The van der Waals surface area contributed by atoms with E-state index in [4.69, 9.17) is 4.98 Å². The molecule has 0 atom stereocenters. The number of benzene rings is 5. The highest BCUT2D eigenvalue weighted by Crippen LogP contribution is 2.39. The maximum Gasteiger partial charge on any atom is 0.145 e. The van der Waals surface area contributed by atoms with Crippen molar-refractivity contribution in [1.82, 2.24) is 9.55 Å². The molecular formula is C53H42N2. The third-order valence-electron chi connectivity index (χ3n) is 10.3. The van der Waals surface area contributed by atoms with Gasteiger partial charge in [-0.1, -0.05) is 190 Å². The van der Waals surface area contributed by atoms with Crippen LogP contribution in [-0.4, -0.2) is 9.55 Å². The molecular weight excluding hydrogens is 665 g/mol. The van der Waals surface area contributed by atoms with Gasteiger partial charge in [0.05, 0.1) is 5.69 Å². The van der Waals surface area contributed by atoms with Gasteiger partial charge in [0.15, 0.2) is 0 Å². The van der Waals surface area contributed by atoms with Crippen molar-refractivity contribution in [3.63, 3.8) is 0 Å². The van der Waals surface area contributed by atoms with Gasteiger partial charge in [0.25, 0.3) is 0 Å². The molecule has 7 aromatic rings. The third-order valence-corrected chi connectivity index (χ3v) is 10.3. The average molecular weight is 707 g/mol. The molecule has 1 heterocycles. The van der Waals surface area contributed by atoms with Gasteiger partial charge in [-0.15, -0.1) is 0 Å². The quantitative estimate of drug-likeness (QED) is 0.137. The molecule has 1 aliphatic rings. The first-order valence-electron chi connectivity index (χ1n) is 18.8. The van der Waals surface area contributed by atoms with Crippen LogP contribution in [0.3, 0.4) is 0 Å². The number of rotatable bonds is 9. The first kappa shape index (κ1) is 35.0. The molecule has 264 valence electrons. The molecule has 0 spiro atoms. The van der Waals surface area contributed by atoms with Crippen LogP contribution in [-0.2, 0) is 6.42 Å². The van der Waals surface area contributed by atoms with E-state index in [1.165, 1.54) is 33.0 Å². The Morgan fingerprint density at radius 3 is 2.13 bits per heavy atom. The predicted octanol–water partition coefficient (Wildman–Crippen LogP) is 14.2. The highest BCUT2D eigenvalue weighted by atomic mass is 15.1. The summed E-state index contributed by atoms with van der Waals surface area (Å²) in [5, 5.41) is 4.71. The first-order valence-corrected chi connectivity index (χ1v) is 18.8. The van der Waals surface area contributed by atoms with Crippen molar-refractivity contribution in [1.29, 1.82) is 0 Å². The lowest BCUT2D eigenvalue weighted by atomic mass is 9.86. The monoisotopic (exact) mass is 706 g/mol. The summed E-state index contributed by atoms with van der Waals surface area (Å²) in [6.07, 6.45) is 20.1. The van der Waals surface area contributed by atoms with Gasteiger partial charge in [0.1, 0.15) is 5.82 Å². The van der Waals surface area contributed by atoms with Crippen molar-refractivity contribution in [2.45, 2.75) is 12.8 Å². The second-order valence-corrected chi connectivity index (χ2v) is 13.6. The number of nitrogens with zero attached hydrogens (tertiary/aromatic N) is 2. The molecule has 0 radical (unpaired) electrons. The van der Waals surface area contributed by atoms with Gasteiger partial charge in [0.2, 0.25) is 0 Å². The Bertz CT molecular complexity index is 2750. The fourth-order valence-corrected chi connectivity index (χ4v) is 7.68. The van der Waals surface area contributed by atoms with Crippen LogP contribution in [0.15, 0.2) is 202 Å². The van der Waals surface area contributed by atoms with Gasteiger partial charge in [0, 0.05) is 17.4 Å². The lowest BCUT2D eigenvalue weighted by Crippen LogP contribution is -2.03. The zero-order valence-corrected chi connectivity index (χ0v) is 30.9. The van der Waals surface area contributed by atoms with Crippen molar-refractivity contribution in [2.75, 3.05) is 0 Å². The molecule has 0 amide bonds. The van der Waals surface area contributed by atoms with E-state index >= 15 is 0 Å². The molecule has 1 aliphatic carbocycles. The largest absolute Gasteiger partial charge is 0.299 e. The molecule has 2 heteroatoms. The zero-order valence-electron chi connectivity index (χ0n) is 30.9. The molecule has 0 unspecified atom stereocenters. The number of hydrogen-bond acceptors (Lipinski definition) is 1. The van der Waals surface area contributed by atoms with Crippen molar-refractivity contribution in [3.05, 3.63) is 224 Å². The first-order chi connectivity index (χ1) is 27.1. The van der Waals surface area contributed by atoms with Crippen LogP contribution in [0.25, 0.3) is 78.6 Å². The smallest absolute Gasteiger partial charge is 0.145 e. The van der Waals surface area contributed by atoms with E-state index in [0.717, 1.165) is 68.6 Å². The maximum atomic E-state index is 5.15. The third kappa shape index (κ3) is 7.06. The highest BCUT2D eigenvalue weighted by molar-refractivity contribution is 6.07. The molecule has 1 aromatic heterocycles. The van der Waals surface area contributed by atoms with Crippen LogP contribution in [0.1, 0.15) is 28.8 Å². The van der Waals surface area contributed by atoms with Gasteiger partial charge in [-0.2, -0.15) is 0 Å². The molecule has 0 aliphatic heterocycles. The number of hydrogen-bond donors (Lipinski definition) is 0. The SMILES string of the molecule is C=C/C=C\C(=C)c1ccc(-c2ccc(-c3nc(/C=C\C=C)cn3-c3ccccc3)c3c2CCC=C3)cccc(-c2cccc3ccccc23)c2ccccc12. The average Bonchev–Trinajstić information content (AvgIpc) is 3.67. The molecule has 2 nitrogen and oxygen atoms in total. The molecule has 0 bridgehead atoms. The minimum atomic E-state index is 0.881. The van der Waals surface area contributed by atoms with E-state index in [9.17, 15) is 0 Å². The van der Waals surface area contributed by atoms with E-state index in [-0.39, 0.29) is 0 Å². The summed E-state index contributed by atoms with van der Waals surface area (Å²) in [6, 6.07) is 50.0. The van der Waals surface area contributed by atoms with Crippen LogP contribution in [0, 0.1) is 0 Å². The van der Waals surface area contributed by atoms with Gasteiger partial charge in [-0.05, 0) is 97.1 Å². The second-order valence-electron chi connectivity index (χ2n) is 13.6. The number of para-hydroxylation sites is 1. The Labute approximate surface area is 324 Å². The van der Waals surface area contributed by atoms with Gasteiger partial charge in [-0.3, -0.25) is 4.57 Å². The summed E-state index contributed by atoms with van der Waals surface area (Å²) < 4.78 is 2.19. The van der Waals surface area contributed by atoms with Gasteiger partial charge < -0.3 is 0 Å². The van der Waals surface area contributed by atoms with Gasteiger partial charge in [-0.25, -0.2) is 4.98 Å². The predicted molar refractivity (Wildman–Crippen MR) is 237 cm³/mol. The second kappa shape index (κ2) is 15.9. The lowest BCUT2D eigenvalue weighted by molar-refractivity contribution is 0.984. The van der Waals surface area contributed by atoms with E-state index in [1.54, 1.807) is 12.2 Å². The van der Waals surface area contributed by atoms with E-state index in [0.29, 0.717) is 0 Å². The molecule has 0 fully saturated rings. The summed E-state index contributed by atoms with van der Waals surface area (Å²) in [4.78, 5) is 5.15.